The number of anilines is 2. The molecule has 1 aromatic heterocycles. The Morgan fingerprint density at radius 1 is 1.39 bits per heavy atom. The highest BCUT2D eigenvalue weighted by atomic mass is 79.9. The van der Waals surface area contributed by atoms with Crippen LogP contribution in [0.15, 0.2) is 28.7 Å². The minimum Gasteiger partial charge on any atom is -0.397 e. The number of thiophene rings is 1. The number of hydrogen-bond acceptors (Lipinski definition) is 3. The van der Waals surface area contributed by atoms with Gasteiger partial charge in [0.25, 0.3) is 0 Å². The van der Waals surface area contributed by atoms with E-state index in [1.807, 2.05) is 0 Å². The average Bonchev–Trinajstić information content (AvgIpc) is 2.73. The zero-order valence-corrected chi connectivity index (χ0v) is 12.5. The molecular weight excluding hydrogens is 315 g/mol. The molecule has 18 heavy (non-hydrogen) atoms. The summed E-state index contributed by atoms with van der Waals surface area (Å²) in [6.45, 7) is 4.13. The van der Waals surface area contributed by atoms with Gasteiger partial charge in [0.1, 0.15) is 5.82 Å². The number of aryl methyl sites for hydroxylation is 1. The van der Waals surface area contributed by atoms with Gasteiger partial charge in [-0.2, -0.15) is 0 Å². The minimum atomic E-state index is -0.349. The molecule has 0 saturated heterocycles. The first-order chi connectivity index (χ1) is 8.47. The van der Waals surface area contributed by atoms with Crippen LogP contribution in [0.2, 0.25) is 0 Å². The zero-order chi connectivity index (χ0) is 13.3. The van der Waals surface area contributed by atoms with Gasteiger partial charge in [-0.05, 0) is 48.0 Å². The van der Waals surface area contributed by atoms with Crippen molar-refractivity contribution in [3.05, 3.63) is 44.3 Å². The van der Waals surface area contributed by atoms with E-state index in [4.69, 9.17) is 5.73 Å². The fourth-order valence-corrected chi connectivity index (χ4v) is 2.90. The van der Waals surface area contributed by atoms with E-state index < -0.39 is 0 Å². The molecule has 0 spiro atoms. The van der Waals surface area contributed by atoms with Crippen LogP contribution in [0, 0.1) is 12.7 Å². The van der Waals surface area contributed by atoms with Crippen LogP contribution in [0.4, 0.5) is 15.8 Å². The molecule has 0 aliphatic heterocycles. The van der Waals surface area contributed by atoms with E-state index in [1.165, 1.54) is 15.8 Å². The first-order valence-corrected chi connectivity index (χ1v) is 7.15. The Kier molecular flexibility index (Phi) is 3.92. The van der Waals surface area contributed by atoms with Gasteiger partial charge in [0, 0.05) is 15.8 Å². The first-order valence-electron chi connectivity index (χ1n) is 5.54. The second kappa shape index (κ2) is 5.28. The van der Waals surface area contributed by atoms with Crippen LogP contribution in [-0.2, 0) is 0 Å². The van der Waals surface area contributed by atoms with Gasteiger partial charge in [0.15, 0.2) is 0 Å². The molecule has 5 heteroatoms. The monoisotopic (exact) mass is 328 g/mol. The van der Waals surface area contributed by atoms with E-state index in [-0.39, 0.29) is 11.9 Å². The number of hydrogen-bond donors (Lipinski definition) is 2. The van der Waals surface area contributed by atoms with E-state index in [0.717, 1.165) is 5.69 Å². The van der Waals surface area contributed by atoms with Crippen LogP contribution in [0.3, 0.4) is 0 Å². The van der Waals surface area contributed by atoms with Crippen LogP contribution in [0.25, 0.3) is 0 Å². The summed E-state index contributed by atoms with van der Waals surface area (Å²) in [6, 6.07) is 7.30. The van der Waals surface area contributed by atoms with Crippen molar-refractivity contribution in [3.8, 4) is 0 Å². The molecule has 96 valence electrons. The lowest BCUT2D eigenvalue weighted by atomic mass is 10.2. The molecule has 0 amide bonds. The Morgan fingerprint density at radius 3 is 2.72 bits per heavy atom. The predicted octanol–water partition coefficient (Wildman–Crippen LogP) is 4.71. The van der Waals surface area contributed by atoms with Crippen molar-refractivity contribution in [3.63, 3.8) is 0 Å². The summed E-state index contributed by atoms with van der Waals surface area (Å²) in [6.07, 6.45) is 0. The largest absolute Gasteiger partial charge is 0.397 e. The first kappa shape index (κ1) is 13.4. The van der Waals surface area contributed by atoms with Gasteiger partial charge in [-0.25, -0.2) is 4.39 Å². The molecule has 1 heterocycles. The van der Waals surface area contributed by atoms with E-state index >= 15 is 0 Å². The van der Waals surface area contributed by atoms with Crippen LogP contribution in [0.5, 0.6) is 0 Å². The molecular formula is C13H14BrFN2S. The van der Waals surface area contributed by atoms with Gasteiger partial charge in [0.05, 0.1) is 21.9 Å². The third kappa shape index (κ3) is 2.84. The Balaban J connectivity index is 2.21. The van der Waals surface area contributed by atoms with E-state index in [1.54, 1.807) is 17.4 Å². The smallest absolute Gasteiger partial charge is 0.139 e. The third-order valence-electron chi connectivity index (χ3n) is 2.65. The Bertz CT molecular complexity index is 568. The summed E-state index contributed by atoms with van der Waals surface area (Å²) >= 11 is 4.90. The highest BCUT2D eigenvalue weighted by Crippen LogP contribution is 2.31. The molecule has 1 aromatic carbocycles. The third-order valence-corrected chi connectivity index (χ3v) is 4.44. The minimum absolute atomic E-state index is 0.142. The lowest BCUT2D eigenvalue weighted by molar-refractivity contribution is 0.622. The second-order valence-corrected chi connectivity index (χ2v) is 6.34. The fourth-order valence-electron chi connectivity index (χ4n) is 1.68. The van der Waals surface area contributed by atoms with Gasteiger partial charge in [0.2, 0.25) is 0 Å². The fraction of sp³-hybridized carbons (Fsp3) is 0.231. The molecule has 2 nitrogen and oxygen atoms in total. The van der Waals surface area contributed by atoms with Crippen molar-refractivity contribution in [2.75, 3.05) is 11.1 Å². The SMILES string of the molecule is Cc1ccc(C(C)Nc2cc(Br)c(F)cc2N)s1. The highest BCUT2D eigenvalue weighted by Gasteiger charge is 2.11. The number of nitrogen functional groups attached to an aromatic ring is 1. The van der Waals surface area contributed by atoms with Crippen LogP contribution < -0.4 is 11.1 Å². The molecule has 0 fully saturated rings. The normalized spacial score (nSPS) is 12.4. The molecule has 2 rings (SSSR count). The maximum atomic E-state index is 13.3. The van der Waals surface area contributed by atoms with Crippen LogP contribution in [-0.4, -0.2) is 0 Å². The van der Waals surface area contributed by atoms with Crippen molar-refractivity contribution in [1.82, 2.24) is 0 Å². The maximum Gasteiger partial charge on any atom is 0.139 e. The standard InChI is InChI=1S/C13H14BrFN2S/c1-7-3-4-13(18-7)8(2)17-12-5-9(14)10(15)6-11(12)16/h3-6,8,17H,16H2,1-2H3. The van der Waals surface area contributed by atoms with E-state index in [0.29, 0.717) is 10.2 Å². The van der Waals surface area contributed by atoms with Crippen LogP contribution in [0.1, 0.15) is 22.7 Å². The van der Waals surface area contributed by atoms with Crippen LogP contribution >= 0.6 is 27.3 Å². The molecule has 1 unspecified atom stereocenters. The van der Waals surface area contributed by atoms with Crippen molar-refractivity contribution < 1.29 is 4.39 Å². The lowest BCUT2D eigenvalue weighted by Gasteiger charge is -2.16. The predicted molar refractivity (Wildman–Crippen MR) is 79.6 cm³/mol. The molecule has 0 aliphatic carbocycles. The zero-order valence-electron chi connectivity index (χ0n) is 10.1. The van der Waals surface area contributed by atoms with Gasteiger partial charge >= 0.3 is 0 Å². The quantitative estimate of drug-likeness (QED) is 0.800. The number of nitrogens with two attached hydrogens (primary N) is 1. The van der Waals surface area contributed by atoms with Crippen molar-refractivity contribution >= 4 is 38.6 Å². The Labute approximate surface area is 118 Å². The summed E-state index contributed by atoms with van der Waals surface area (Å²) in [5.41, 5.74) is 6.95. The Hall–Kier alpha value is -1.07. The topological polar surface area (TPSA) is 38.0 Å². The molecule has 0 bridgehead atoms. The molecule has 2 aromatic rings. The van der Waals surface area contributed by atoms with Gasteiger partial charge in [-0.15, -0.1) is 11.3 Å². The highest BCUT2D eigenvalue weighted by molar-refractivity contribution is 9.10. The van der Waals surface area contributed by atoms with Gasteiger partial charge in [-0.3, -0.25) is 0 Å². The average molecular weight is 329 g/mol. The van der Waals surface area contributed by atoms with Crippen molar-refractivity contribution in [1.29, 1.82) is 0 Å². The van der Waals surface area contributed by atoms with E-state index in [2.05, 4.69) is 47.2 Å². The molecule has 1 atom stereocenters. The van der Waals surface area contributed by atoms with Crippen molar-refractivity contribution in [2.45, 2.75) is 19.9 Å². The maximum absolute atomic E-state index is 13.3. The summed E-state index contributed by atoms with van der Waals surface area (Å²) in [5, 5.41) is 3.30. The second-order valence-electron chi connectivity index (χ2n) is 4.17. The number of rotatable bonds is 3. The van der Waals surface area contributed by atoms with Gasteiger partial charge < -0.3 is 11.1 Å². The summed E-state index contributed by atoms with van der Waals surface area (Å²) in [5.74, 6) is -0.349. The number of nitrogens with one attached hydrogen (secondary N) is 1. The molecule has 3 N–H and O–H groups in total. The number of halogens is 2. The number of benzene rings is 1. The Morgan fingerprint density at radius 2 is 2.11 bits per heavy atom. The lowest BCUT2D eigenvalue weighted by Crippen LogP contribution is -2.07. The summed E-state index contributed by atoms with van der Waals surface area (Å²) in [7, 11) is 0. The molecule has 0 aliphatic rings. The molecule has 0 saturated carbocycles. The van der Waals surface area contributed by atoms with Crippen molar-refractivity contribution in [2.24, 2.45) is 0 Å². The summed E-state index contributed by atoms with van der Waals surface area (Å²) < 4.78 is 13.7. The van der Waals surface area contributed by atoms with Gasteiger partial charge in [-0.1, -0.05) is 0 Å². The summed E-state index contributed by atoms with van der Waals surface area (Å²) in [4.78, 5) is 2.50. The van der Waals surface area contributed by atoms with E-state index in [9.17, 15) is 4.39 Å². The molecule has 0 radical (unpaired) electrons.